The Morgan fingerprint density at radius 2 is 2.00 bits per heavy atom. The molecule has 1 aromatic carbocycles. The maximum absolute atomic E-state index is 5.83. The third-order valence-corrected chi connectivity index (χ3v) is 3.87. The number of para-hydroxylation sites is 1. The summed E-state index contributed by atoms with van der Waals surface area (Å²) in [6.07, 6.45) is 4.40. The van der Waals surface area contributed by atoms with Crippen LogP contribution in [0.15, 0.2) is 30.3 Å². The van der Waals surface area contributed by atoms with Crippen molar-refractivity contribution >= 4 is 0 Å². The molecule has 4 rings (SSSR count). The molecule has 0 aliphatic heterocycles. The Labute approximate surface area is 127 Å². The van der Waals surface area contributed by atoms with Gasteiger partial charge >= 0.3 is 0 Å². The Bertz CT molecular complexity index is 750. The molecular formula is C15H16N6O. The van der Waals surface area contributed by atoms with Crippen molar-refractivity contribution in [2.45, 2.75) is 32.3 Å². The van der Waals surface area contributed by atoms with Crippen LogP contribution in [0.25, 0.3) is 5.69 Å². The van der Waals surface area contributed by atoms with E-state index in [0.29, 0.717) is 11.7 Å². The normalized spacial score (nSPS) is 13.8. The van der Waals surface area contributed by atoms with Gasteiger partial charge in [-0.1, -0.05) is 23.4 Å². The fraction of sp³-hybridized carbons (Fsp3) is 0.333. The van der Waals surface area contributed by atoms with E-state index in [4.69, 9.17) is 4.74 Å². The summed E-state index contributed by atoms with van der Waals surface area (Å²) < 4.78 is 7.83. The molecule has 0 unspecified atom stereocenters. The van der Waals surface area contributed by atoms with Gasteiger partial charge in [0, 0.05) is 5.56 Å². The van der Waals surface area contributed by atoms with Gasteiger partial charge in [-0.05, 0) is 37.8 Å². The number of benzene rings is 1. The number of ether oxygens (including phenoxy) is 1. The zero-order valence-electron chi connectivity index (χ0n) is 12.1. The second-order valence-electron chi connectivity index (χ2n) is 5.30. The third kappa shape index (κ3) is 2.34. The number of rotatable bonds is 4. The van der Waals surface area contributed by atoms with Gasteiger partial charge in [0.05, 0.1) is 11.4 Å². The molecule has 0 bridgehead atoms. The van der Waals surface area contributed by atoms with Crippen LogP contribution in [0.5, 0.6) is 5.88 Å². The molecule has 0 radical (unpaired) electrons. The highest BCUT2D eigenvalue weighted by Crippen LogP contribution is 2.31. The third-order valence-electron chi connectivity index (χ3n) is 3.87. The van der Waals surface area contributed by atoms with Crippen molar-refractivity contribution in [3.8, 4) is 11.6 Å². The standard InChI is InChI=1S/C15H16N6O/c1-2-6-11(7-3-1)21-13-9-5-4-8-12(13)15(18-21)22-10-14-16-19-20-17-14/h1-3,6-7H,4-5,8-10H2,(H,16,17,19,20). The zero-order chi connectivity index (χ0) is 14.8. The van der Waals surface area contributed by atoms with Crippen molar-refractivity contribution in [1.29, 1.82) is 0 Å². The molecule has 1 N–H and O–H groups in total. The topological polar surface area (TPSA) is 81.5 Å². The number of hydrogen-bond acceptors (Lipinski definition) is 5. The second kappa shape index (κ2) is 5.59. The first kappa shape index (κ1) is 13.0. The van der Waals surface area contributed by atoms with E-state index >= 15 is 0 Å². The Kier molecular flexibility index (Phi) is 3.30. The van der Waals surface area contributed by atoms with Gasteiger partial charge in [-0.3, -0.25) is 0 Å². The second-order valence-corrected chi connectivity index (χ2v) is 5.30. The first-order valence-electron chi connectivity index (χ1n) is 7.43. The molecular weight excluding hydrogens is 280 g/mol. The summed E-state index contributed by atoms with van der Waals surface area (Å²) in [7, 11) is 0. The lowest BCUT2D eigenvalue weighted by molar-refractivity contribution is 0.279. The van der Waals surface area contributed by atoms with E-state index in [1.807, 2.05) is 22.9 Å². The average Bonchev–Trinajstić information content (AvgIpc) is 3.22. The highest BCUT2D eigenvalue weighted by molar-refractivity contribution is 5.41. The summed E-state index contributed by atoms with van der Waals surface area (Å²) in [5.41, 5.74) is 3.52. The minimum Gasteiger partial charge on any atom is -0.468 e. The van der Waals surface area contributed by atoms with Crippen molar-refractivity contribution in [2.75, 3.05) is 0 Å². The van der Waals surface area contributed by atoms with Crippen molar-refractivity contribution in [2.24, 2.45) is 0 Å². The molecule has 2 aromatic heterocycles. The molecule has 1 aliphatic rings. The molecule has 0 atom stereocenters. The van der Waals surface area contributed by atoms with E-state index < -0.39 is 0 Å². The van der Waals surface area contributed by atoms with Crippen molar-refractivity contribution < 1.29 is 4.74 Å². The Morgan fingerprint density at radius 3 is 2.82 bits per heavy atom. The average molecular weight is 296 g/mol. The van der Waals surface area contributed by atoms with Gasteiger partial charge in [-0.25, -0.2) is 4.68 Å². The molecule has 3 aromatic rings. The van der Waals surface area contributed by atoms with Crippen LogP contribution in [0.2, 0.25) is 0 Å². The molecule has 0 saturated carbocycles. The number of aromatic nitrogens is 6. The predicted octanol–water partition coefficient (Wildman–Crippen LogP) is 1.84. The zero-order valence-corrected chi connectivity index (χ0v) is 12.1. The van der Waals surface area contributed by atoms with Gasteiger partial charge < -0.3 is 4.74 Å². The van der Waals surface area contributed by atoms with Gasteiger partial charge in [0.25, 0.3) is 0 Å². The lowest BCUT2D eigenvalue weighted by atomic mass is 9.97. The van der Waals surface area contributed by atoms with E-state index in [-0.39, 0.29) is 6.61 Å². The quantitative estimate of drug-likeness (QED) is 0.794. The van der Waals surface area contributed by atoms with E-state index in [1.54, 1.807) is 0 Å². The van der Waals surface area contributed by atoms with Gasteiger partial charge in [-0.15, -0.1) is 15.3 Å². The number of hydrogen-bond donors (Lipinski definition) is 1. The summed E-state index contributed by atoms with van der Waals surface area (Å²) in [4.78, 5) is 0. The van der Waals surface area contributed by atoms with Gasteiger partial charge in [0.2, 0.25) is 11.7 Å². The minimum atomic E-state index is 0.273. The molecule has 1 aliphatic carbocycles. The van der Waals surface area contributed by atoms with Crippen molar-refractivity contribution in [3.63, 3.8) is 0 Å². The maximum atomic E-state index is 5.83. The number of tetrazole rings is 1. The molecule has 22 heavy (non-hydrogen) atoms. The van der Waals surface area contributed by atoms with Crippen molar-refractivity contribution in [1.82, 2.24) is 30.4 Å². The SMILES string of the molecule is c1ccc(-n2nc(OCc3nn[nH]n3)c3c2CCCC3)cc1. The van der Waals surface area contributed by atoms with E-state index in [0.717, 1.165) is 18.5 Å². The number of fused-ring (bicyclic) bond motifs is 1. The highest BCUT2D eigenvalue weighted by Gasteiger charge is 2.22. The Hall–Kier alpha value is -2.70. The molecule has 7 nitrogen and oxygen atoms in total. The van der Waals surface area contributed by atoms with Crippen LogP contribution < -0.4 is 4.74 Å². The largest absolute Gasteiger partial charge is 0.468 e. The Balaban J connectivity index is 1.68. The maximum Gasteiger partial charge on any atom is 0.237 e. The van der Waals surface area contributed by atoms with Crippen LogP contribution >= 0.6 is 0 Å². The number of aromatic amines is 1. The van der Waals surface area contributed by atoms with Crippen LogP contribution in [-0.2, 0) is 19.4 Å². The van der Waals surface area contributed by atoms with E-state index in [2.05, 4.69) is 37.9 Å². The lowest BCUT2D eigenvalue weighted by Crippen LogP contribution is -2.07. The number of nitrogens with zero attached hydrogens (tertiary/aromatic N) is 5. The highest BCUT2D eigenvalue weighted by atomic mass is 16.5. The first-order valence-corrected chi connectivity index (χ1v) is 7.43. The summed E-state index contributed by atoms with van der Waals surface area (Å²) in [5, 5.41) is 18.4. The minimum absolute atomic E-state index is 0.273. The molecule has 0 amide bonds. The molecule has 0 fully saturated rings. The summed E-state index contributed by atoms with van der Waals surface area (Å²) >= 11 is 0. The number of H-pyrrole nitrogens is 1. The van der Waals surface area contributed by atoms with Crippen LogP contribution in [0.3, 0.4) is 0 Å². The molecule has 2 heterocycles. The molecule has 7 heteroatoms. The van der Waals surface area contributed by atoms with Gasteiger partial charge in [0.1, 0.15) is 0 Å². The fourth-order valence-electron chi connectivity index (χ4n) is 2.84. The first-order chi connectivity index (χ1) is 10.9. The molecule has 0 spiro atoms. The van der Waals surface area contributed by atoms with Gasteiger partial charge in [0.15, 0.2) is 6.61 Å². The van der Waals surface area contributed by atoms with Crippen LogP contribution in [0, 0.1) is 0 Å². The molecule has 0 saturated heterocycles. The predicted molar refractivity (Wildman–Crippen MR) is 78.7 cm³/mol. The number of nitrogens with one attached hydrogen (secondary N) is 1. The van der Waals surface area contributed by atoms with Crippen LogP contribution in [0.4, 0.5) is 0 Å². The van der Waals surface area contributed by atoms with Crippen LogP contribution in [-0.4, -0.2) is 30.4 Å². The molecule has 112 valence electrons. The van der Waals surface area contributed by atoms with Gasteiger partial charge in [-0.2, -0.15) is 5.21 Å². The van der Waals surface area contributed by atoms with Crippen LogP contribution in [0.1, 0.15) is 29.9 Å². The van der Waals surface area contributed by atoms with E-state index in [1.165, 1.54) is 24.1 Å². The lowest BCUT2D eigenvalue weighted by Gasteiger charge is -2.13. The Morgan fingerprint density at radius 1 is 1.14 bits per heavy atom. The summed E-state index contributed by atoms with van der Waals surface area (Å²) in [6.45, 7) is 0.273. The smallest absolute Gasteiger partial charge is 0.237 e. The summed E-state index contributed by atoms with van der Waals surface area (Å²) in [6, 6.07) is 10.2. The van der Waals surface area contributed by atoms with E-state index in [9.17, 15) is 0 Å². The fourth-order valence-corrected chi connectivity index (χ4v) is 2.84. The monoisotopic (exact) mass is 296 g/mol. The van der Waals surface area contributed by atoms with Crippen molar-refractivity contribution in [3.05, 3.63) is 47.4 Å². The summed E-state index contributed by atoms with van der Waals surface area (Å²) in [5.74, 6) is 1.21.